The summed E-state index contributed by atoms with van der Waals surface area (Å²) in [4.78, 5) is 0. The Hall–Kier alpha value is -1.14. The minimum absolute atomic E-state index is 0.165. The van der Waals surface area contributed by atoms with E-state index in [9.17, 15) is 12.8 Å². The predicted octanol–water partition coefficient (Wildman–Crippen LogP) is 1.62. The minimum atomic E-state index is -3.60. The van der Waals surface area contributed by atoms with Gasteiger partial charge in [0.05, 0.1) is 12.4 Å². The van der Waals surface area contributed by atoms with E-state index < -0.39 is 15.8 Å². The molecule has 0 saturated heterocycles. The summed E-state index contributed by atoms with van der Waals surface area (Å²) < 4.78 is 41.3. The lowest BCUT2D eigenvalue weighted by Gasteiger charge is -2.39. The number of ether oxygens (including phenoxy) is 1. The van der Waals surface area contributed by atoms with Crippen LogP contribution in [0, 0.1) is 11.2 Å². The average molecular weight is 273 g/mol. The number of rotatable bonds is 2. The van der Waals surface area contributed by atoms with Crippen molar-refractivity contribution in [2.75, 3.05) is 12.4 Å². The van der Waals surface area contributed by atoms with Crippen LogP contribution in [0.3, 0.4) is 0 Å². The van der Waals surface area contributed by atoms with E-state index in [-0.39, 0.29) is 17.1 Å². The van der Waals surface area contributed by atoms with E-state index >= 15 is 0 Å². The summed E-state index contributed by atoms with van der Waals surface area (Å²) in [7, 11) is -3.60. The molecule has 100 valence electrons. The molecule has 0 amide bonds. The molecular formula is C12H16FNO3S. The third kappa shape index (κ3) is 2.64. The lowest BCUT2D eigenvalue weighted by atomic mass is 9.75. The second-order valence-electron chi connectivity index (χ2n) is 5.34. The van der Waals surface area contributed by atoms with Gasteiger partial charge >= 0.3 is 0 Å². The summed E-state index contributed by atoms with van der Waals surface area (Å²) in [5.74, 6) is -0.454. The molecule has 18 heavy (non-hydrogen) atoms. The van der Waals surface area contributed by atoms with Crippen LogP contribution in [0.5, 0.6) is 5.75 Å². The van der Waals surface area contributed by atoms with Crippen LogP contribution in [-0.2, 0) is 10.0 Å². The van der Waals surface area contributed by atoms with Crippen molar-refractivity contribution >= 4 is 10.0 Å². The highest BCUT2D eigenvalue weighted by molar-refractivity contribution is 7.89. The van der Waals surface area contributed by atoms with Gasteiger partial charge in [0.25, 0.3) is 0 Å². The van der Waals surface area contributed by atoms with Crippen molar-refractivity contribution in [2.24, 2.45) is 10.6 Å². The van der Waals surface area contributed by atoms with Crippen molar-refractivity contribution in [2.45, 2.75) is 19.8 Å². The van der Waals surface area contributed by atoms with Gasteiger partial charge in [0, 0.05) is 17.4 Å². The Morgan fingerprint density at radius 2 is 2.17 bits per heavy atom. The van der Waals surface area contributed by atoms with Crippen LogP contribution in [-0.4, -0.2) is 20.8 Å². The molecule has 6 heteroatoms. The second-order valence-corrected chi connectivity index (χ2v) is 7.00. The molecular weight excluding hydrogens is 257 g/mol. The van der Waals surface area contributed by atoms with Gasteiger partial charge < -0.3 is 4.74 Å². The molecule has 1 aromatic carbocycles. The first-order chi connectivity index (χ1) is 8.19. The van der Waals surface area contributed by atoms with Crippen molar-refractivity contribution in [3.05, 3.63) is 29.6 Å². The van der Waals surface area contributed by atoms with Crippen molar-refractivity contribution in [3.63, 3.8) is 0 Å². The summed E-state index contributed by atoms with van der Waals surface area (Å²) in [5, 5.41) is 5.13. The number of halogens is 1. The van der Waals surface area contributed by atoms with Crippen LogP contribution in [0.2, 0.25) is 0 Å². The highest BCUT2D eigenvalue weighted by Gasteiger charge is 2.39. The average Bonchev–Trinajstić information content (AvgIpc) is 2.21. The fraction of sp³-hybridized carbons (Fsp3) is 0.500. The number of nitrogens with two attached hydrogens (primary N) is 1. The predicted molar refractivity (Wildman–Crippen MR) is 66.4 cm³/mol. The highest BCUT2D eigenvalue weighted by atomic mass is 32.2. The van der Waals surface area contributed by atoms with E-state index in [4.69, 9.17) is 9.88 Å². The van der Waals surface area contributed by atoms with Gasteiger partial charge in [-0.25, -0.2) is 17.9 Å². The molecule has 0 radical (unpaired) electrons. The zero-order valence-electron chi connectivity index (χ0n) is 10.3. The Morgan fingerprint density at radius 1 is 1.50 bits per heavy atom. The summed E-state index contributed by atoms with van der Waals surface area (Å²) in [6, 6.07) is 4.15. The molecule has 0 aliphatic carbocycles. The van der Waals surface area contributed by atoms with Crippen LogP contribution >= 0.6 is 0 Å². The maximum absolute atomic E-state index is 13.1. The first-order valence-corrected chi connectivity index (χ1v) is 7.33. The van der Waals surface area contributed by atoms with Gasteiger partial charge in [-0.05, 0) is 11.6 Å². The third-order valence-electron chi connectivity index (χ3n) is 3.29. The van der Waals surface area contributed by atoms with Crippen molar-refractivity contribution in [1.29, 1.82) is 0 Å². The Kier molecular flexibility index (Phi) is 3.11. The molecule has 0 fully saturated rings. The number of hydrogen-bond acceptors (Lipinski definition) is 3. The van der Waals surface area contributed by atoms with E-state index in [1.807, 2.05) is 13.8 Å². The van der Waals surface area contributed by atoms with E-state index in [2.05, 4.69) is 0 Å². The Morgan fingerprint density at radius 3 is 2.78 bits per heavy atom. The van der Waals surface area contributed by atoms with Gasteiger partial charge in [0.1, 0.15) is 11.6 Å². The molecule has 0 spiro atoms. The van der Waals surface area contributed by atoms with Crippen molar-refractivity contribution in [3.8, 4) is 5.75 Å². The molecule has 1 aliphatic heterocycles. The smallest absolute Gasteiger partial charge is 0.209 e. The summed E-state index contributed by atoms with van der Waals surface area (Å²) >= 11 is 0. The van der Waals surface area contributed by atoms with E-state index in [0.29, 0.717) is 17.9 Å². The molecule has 1 unspecified atom stereocenters. The molecule has 1 aromatic rings. The first-order valence-electron chi connectivity index (χ1n) is 5.62. The van der Waals surface area contributed by atoms with Gasteiger partial charge in [0.2, 0.25) is 10.0 Å². The number of primary sulfonamides is 1. The number of sulfonamides is 1. The molecule has 0 saturated carbocycles. The van der Waals surface area contributed by atoms with E-state index in [1.165, 1.54) is 12.1 Å². The lowest BCUT2D eigenvalue weighted by Crippen LogP contribution is -2.38. The van der Waals surface area contributed by atoms with Gasteiger partial charge in [-0.3, -0.25) is 0 Å². The third-order valence-corrected chi connectivity index (χ3v) is 4.09. The standard InChI is InChI=1S/C12H16FNO3S/c1-12(2)7-17-11-5-8(13)3-4-9(11)10(12)6-18(14,15)16/h3-5,10H,6-7H2,1-2H3,(H2,14,15,16). The first kappa shape index (κ1) is 13.3. The van der Waals surface area contributed by atoms with Gasteiger partial charge in [0.15, 0.2) is 0 Å². The number of benzene rings is 1. The summed E-state index contributed by atoms with van der Waals surface area (Å²) in [5.41, 5.74) is 0.332. The van der Waals surface area contributed by atoms with E-state index in [1.54, 1.807) is 6.07 Å². The molecule has 1 atom stereocenters. The zero-order valence-corrected chi connectivity index (χ0v) is 11.1. The molecule has 0 aromatic heterocycles. The Labute approximate surface area is 106 Å². The van der Waals surface area contributed by atoms with Crippen LogP contribution in [0.1, 0.15) is 25.3 Å². The SMILES string of the molecule is CC1(C)COc2cc(F)ccc2C1CS(N)(=O)=O. The lowest BCUT2D eigenvalue weighted by molar-refractivity contribution is 0.128. The minimum Gasteiger partial charge on any atom is -0.493 e. The van der Waals surface area contributed by atoms with Crippen molar-refractivity contribution in [1.82, 2.24) is 0 Å². The highest BCUT2D eigenvalue weighted by Crippen LogP contribution is 2.44. The van der Waals surface area contributed by atoms with E-state index in [0.717, 1.165) is 0 Å². The van der Waals surface area contributed by atoms with Crippen LogP contribution in [0.15, 0.2) is 18.2 Å². The molecule has 0 bridgehead atoms. The Bertz CT molecular complexity index is 569. The fourth-order valence-corrected chi connectivity index (χ4v) is 3.35. The quantitative estimate of drug-likeness (QED) is 0.890. The number of hydrogen-bond donors (Lipinski definition) is 1. The monoisotopic (exact) mass is 273 g/mol. The van der Waals surface area contributed by atoms with Crippen LogP contribution < -0.4 is 9.88 Å². The van der Waals surface area contributed by atoms with Crippen LogP contribution in [0.4, 0.5) is 4.39 Å². The summed E-state index contributed by atoms with van der Waals surface area (Å²) in [6.07, 6.45) is 0. The maximum atomic E-state index is 13.1. The van der Waals surface area contributed by atoms with Crippen LogP contribution in [0.25, 0.3) is 0 Å². The number of fused-ring (bicyclic) bond motifs is 1. The van der Waals surface area contributed by atoms with Gasteiger partial charge in [-0.2, -0.15) is 0 Å². The van der Waals surface area contributed by atoms with Crippen molar-refractivity contribution < 1.29 is 17.5 Å². The van der Waals surface area contributed by atoms with Gasteiger partial charge in [-0.1, -0.05) is 19.9 Å². The normalized spacial score (nSPS) is 22.1. The summed E-state index contributed by atoms with van der Waals surface area (Å²) in [6.45, 7) is 4.16. The maximum Gasteiger partial charge on any atom is 0.209 e. The fourth-order valence-electron chi connectivity index (χ4n) is 2.25. The van der Waals surface area contributed by atoms with Gasteiger partial charge in [-0.15, -0.1) is 0 Å². The topological polar surface area (TPSA) is 69.4 Å². The molecule has 2 N–H and O–H groups in total. The molecule has 1 heterocycles. The largest absolute Gasteiger partial charge is 0.493 e. The second kappa shape index (κ2) is 4.20. The Balaban J connectivity index is 2.48. The molecule has 4 nitrogen and oxygen atoms in total. The zero-order chi connectivity index (χ0) is 13.6. The molecule has 1 aliphatic rings. The molecule has 2 rings (SSSR count).